The van der Waals surface area contributed by atoms with Crippen LogP contribution in [0, 0.1) is 0 Å². The molecule has 0 aromatic carbocycles. The highest BCUT2D eigenvalue weighted by molar-refractivity contribution is 5.22. The van der Waals surface area contributed by atoms with Crippen LogP contribution >= 0.6 is 0 Å². The van der Waals surface area contributed by atoms with Gasteiger partial charge in [-0.1, -0.05) is 114 Å². The summed E-state index contributed by atoms with van der Waals surface area (Å²) in [5.41, 5.74) is 0.969. The summed E-state index contributed by atoms with van der Waals surface area (Å²) in [6.07, 6.45) is 31.8. The summed E-state index contributed by atoms with van der Waals surface area (Å²) < 4.78 is 0. The van der Waals surface area contributed by atoms with Crippen molar-refractivity contribution in [2.24, 2.45) is 0 Å². The van der Waals surface area contributed by atoms with Gasteiger partial charge in [-0.15, -0.1) is 0 Å². The molecule has 0 saturated carbocycles. The normalized spacial score (nSPS) is 13.3. The topological polar surface area (TPSA) is 20.2 Å². The SMILES string of the molecule is CCCCCCCCCC/C=C/C=C/C=C/C=C/C(=C\O)CCC. The lowest BCUT2D eigenvalue weighted by molar-refractivity contribution is 0.466. The van der Waals surface area contributed by atoms with Crippen LogP contribution in [0.4, 0.5) is 0 Å². The van der Waals surface area contributed by atoms with Crippen LogP contribution < -0.4 is 0 Å². The minimum absolute atomic E-state index is 0.915. The molecule has 0 atom stereocenters. The Kier molecular flexibility index (Phi) is 18.3. The first-order chi connectivity index (χ1) is 11.8. The van der Waals surface area contributed by atoms with Gasteiger partial charge < -0.3 is 5.11 Å². The van der Waals surface area contributed by atoms with Crippen molar-refractivity contribution in [2.75, 3.05) is 0 Å². The third kappa shape index (κ3) is 16.9. The first-order valence-corrected chi connectivity index (χ1v) is 9.84. The lowest BCUT2D eigenvalue weighted by Gasteiger charge is -1.99. The third-order valence-corrected chi connectivity index (χ3v) is 3.93. The summed E-state index contributed by atoms with van der Waals surface area (Å²) in [4.78, 5) is 0. The van der Waals surface area contributed by atoms with Crippen molar-refractivity contribution < 1.29 is 5.11 Å². The smallest absolute Gasteiger partial charge is 0.0823 e. The second-order valence-electron chi connectivity index (χ2n) is 6.27. The molecule has 0 unspecified atom stereocenters. The average Bonchev–Trinajstić information content (AvgIpc) is 2.60. The number of allylic oxidation sites excluding steroid dienone is 9. The van der Waals surface area contributed by atoms with Crippen LogP contribution in [-0.4, -0.2) is 5.11 Å². The van der Waals surface area contributed by atoms with Gasteiger partial charge in [-0.25, -0.2) is 0 Å². The Morgan fingerprint density at radius 3 is 1.88 bits per heavy atom. The van der Waals surface area contributed by atoms with Gasteiger partial charge in [0.1, 0.15) is 0 Å². The van der Waals surface area contributed by atoms with Gasteiger partial charge in [0.2, 0.25) is 0 Å². The molecule has 0 saturated heterocycles. The van der Waals surface area contributed by atoms with E-state index in [4.69, 9.17) is 5.11 Å². The largest absolute Gasteiger partial charge is 0.515 e. The molecule has 1 N–H and O–H groups in total. The molecule has 0 rings (SSSR count). The van der Waals surface area contributed by atoms with Gasteiger partial charge in [0.15, 0.2) is 0 Å². The Hall–Kier alpha value is -1.50. The highest BCUT2D eigenvalue weighted by Crippen LogP contribution is 2.09. The van der Waals surface area contributed by atoms with Crippen molar-refractivity contribution in [2.45, 2.75) is 84.5 Å². The van der Waals surface area contributed by atoms with E-state index < -0.39 is 0 Å². The fourth-order valence-electron chi connectivity index (χ4n) is 2.49. The zero-order valence-corrected chi connectivity index (χ0v) is 15.9. The predicted octanol–water partition coefficient (Wildman–Crippen LogP) is 7.98. The molecule has 0 bridgehead atoms. The Balaban J connectivity index is 3.57. The Morgan fingerprint density at radius 2 is 1.25 bits per heavy atom. The summed E-state index contributed by atoms with van der Waals surface area (Å²) in [6.45, 7) is 4.38. The molecular weight excluding hydrogens is 292 g/mol. The molecule has 0 radical (unpaired) electrons. The standard InChI is InChI=1S/C23H38O/c1-3-5-6-7-8-9-10-11-12-13-14-15-16-17-18-19-21-23(22-24)20-4-2/h13-19,21-22,24H,3-12,20H2,1-2H3/b14-13+,16-15+,18-17+,21-19+,23-22-. The highest BCUT2D eigenvalue weighted by Gasteiger charge is 1.90. The summed E-state index contributed by atoms with van der Waals surface area (Å²) in [6, 6.07) is 0. The molecule has 0 aliphatic heterocycles. The van der Waals surface area contributed by atoms with Gasteiger partial charge in [0, 0.05) is 0 Å². The minimum Gasteiger partial charge on any atom is -0.515 e. The van der Waals surface area contributed by atoms with Gasteiger partial charge in [-0.2, -0.15) is 0 Å². The fraction of sp³-hybridized carbons (Fsp3) is 0.565. The van der Waals surface area contributed by atoms with E-state index in [-0.39, 0.29) is 0 Å². The van der Waals surface area contributed by atoms with E-state index in [1.807, 2.05) is 30.4 Å². The van der Waals surface area contributed by atoms with Crippen LogP contribution in [0.15, 0.2) is 60.4 Å². The summed E-state index contributed by atoms with van der Waals surface area (Å²) in [5.74, 6) is 0. The number of aliphatic hydroxyl groups excluding tert-OH is 1. The highest BCUT2D eigenvalue weighted by atomic mass is 16.2. The third-order valence-electron chi connectivity index (χ3n) is 3.93. The number of hydrogen-bond donors (Lipinski definition) is 1. The van der Waals surface area contributed by atoms with Crippen LogP contribution in [0.1, 0.15) is 84.5 Å². The molecule has 1 heteroatoms. The molecule has 136 valence electrons. The van der Waals surface area contributed by atoms with E-state index in [1.165, 1.54) is 64.0 Å². The first kappa shape index (κ1) is 22.5. The Morgan fingerprint density at radius 1 is 0.667 bits per heavy atom. The van der Waals surface area contributed by atoms with Crippen molar-refractivity contribution in [1.29, 1.82) is 0 Å². The van der Waals surface area contributed by atoms with E-state index in [9.17, 15) is 0 Å². The van der Waals surface area contributed by atoms with Crippen LogP contribution in [0.25, 0.3) is 0 Å². The average molecular weight is 331 g/mol. The number of hydrogen-bond acceptors (Lipinski definition) is 1. The van der Waals surface area contributed by atoms with Crippen molar-refractivity contribution in [3.63, 3.8) is 0 Å². The molecule has 0 aliphatic carbocycles. The van der Waals surface area contributed by atoms with E-state index >= 15 is 0 Å². The quantitative estimate of drug-likeness (QED) is 0.183. The van der Waals surface area contributed by atoms with Crippen LogP contribution in [0.2, 0.25) is 0 Å². The molecule has 0 aromatic rings. The maximum Gasteiger partial charge on any atom is 0.0823 e. The van der Waals surface area contributed by atoms with Crippen LogP contribution in [-0.2, 0) is 0 Å². The molecule has 0 aromatic heterocycles. The monoisotopic (exact) mass is 330 g/mol. The van der Waals surface area contributed by atoms with Crippen LogP contribution in [0.3, 0.4) is 0 Å². The molecule has 24 heavy (non-hydrogen) atoms. The molecule has 0 fully saturated rings. The fourth-order valence-corrected chi connectivity index (χ4v) is 2.49. The molecule has 0 amide bonds. The zero-order valence-electron chi connectivity index (χ0n) is 15.9. The molecule has 0 spiro atoms. The minimum atomic E-state index is 0.915. The van der Waals surface area contributed by atoms with Gasteiger partial charge in [-0.05, 0) is 24.8 Å². The lowest BCUT2D eigenvalue weighted by atomic mass is 10.1. The van der Waals surface area contributed by atoms with Gasteiger partial charge in [0.05, 0.1) is 6.26 Å². The Labute approximate surface area is 150 Å². The van der Waals surface area contributed by atoms with Gasteiger partial charge in [0.25, 0.3) is 0 Å². The number of unbranched alkanes of at least 4 members (excludes halogenated alkanes) is 8. The zero-order chi connectivity index (χ0) is 17.7. The number of rotatable bonds is 15. The van der Waals surface area contributed by atoms with E-state index in [0.717, 1.165) is 18.4 Å². The maximum atomic E-state index is 9.02. The van der Waals surface area contributed by atoms with Crippen molar-refractivity contribution in [3.05, 3.63) is 60.4 Å². The Bertz CT molecular complexity index is 396. The summed E-state index contributed by atoms with van der Waals surface area (Å²) in [7, 11) is 0. The van der Waals surface area contributed by atoms with Gasteiger partial charge in [-0.3, -0.25) is 0 Å². The van der Waals surface area contributed by atoms with Crippen LogP contribution in [0.5, 0.6) is 0 Å². The first-order valence-electron chi connectivity index (χ1n) is 9.84. The number of aliphatic hydroxyl groups is 1. The second-order valence-corrected chi connectivity index (χ2v) is 6.27. The molecule has 0 aliphatic rings. The maximum absolute atomic E-state index is 9.02. The summed E-state index contributed by atoms with van der Waals surface area (Å²) in [5, 5.41) is 9.02. The van der Waals surface area contributed by atoms with Gasteiger partial charge >= 0.3 is 0 Å². The van der Waals surface area contributed by atoms with E-state index in [0.29, 0.717) is 0 Å². The molecule has 0 heterocycles. The van der Waals surface area contributed by atoms with Crippen molar-refractivity contribution in [3.8, 4) is 0 Å². The molecular formula is C23H38O. The lowest BCUT2D eigenvalue weighted by Crippen LogP contribution is -1.79. The summed E-state index contributed by atoms with van der Waals surface area (Å²) >= 11 is 0. The molecule has 1 nitrogen and oxygen atoms in total. The predicted molar refractivity (Wildman–Crippen MR) is 109 cm³/mol. The van der Waals surface area contributed by atoms with E-state index in [1.54, 1.807) is 0 Å². The van der Waals surface area contributed by atoms with Crippen molar-refractivity contribution in [1.82, 2.24) is 0 Å². The van der Waals surface area contributed by atoms with E-state index in [2.05, 4.69) is 32.1 Å². The van der Waals surface area contributed by atoms with Crippen molar-refractivity contribution >= 4 is 0 Å². The second kappa shape index (κ2) is 19.5.